The summed E-state index contributed by atoms with van der Waals surface area (Å²) in [6.45, 7) is 7.03. The highest BCUT2D eigenvalue weighted by molar-refractivity contribution is 5.78. The lowest BCUT2D eigenvalue weighted by Crippen LogP contribution is -2.51. The third-order valence-corrected chi connectivity index (χ3v) is 3.26. The molecule has 1 heterocycles. The lowest BCUT2D eigenvalue weighted by Gasteiger charge is -2.37. The van der Waals surface area contributed by atoms with Crippen LogP contribution in [0.25, 0.3) is 0 Å². The Morgan fingerprint density at radius 1 is 1.44 bits per heavy atom. The minimum absolute atomic E-state index is 0.181. The summed E-state index contributed by atoms with van der Waals surface area (Å²) in [5.41, 5.74) is 0.329. The highest BCUT2D eigenvalue weighted by Gasteiger charge is 2.39. The Morgan fingerprint density at radius 2 is 2.11 bits per heavy atom. The minimum Gasteiger partial charge on any atom is -0.481 e. The number of amides is 2. The summed E-state index contributed by atoms with van der Waals surface area (Å²) >= 11 is 0. The largest absolute Gasteiger partial charge is 0.481 e. The summed E-state index contributed by atoms with van der Waals surface area (Å²) < 4.78 is 0. The van der Waals surface area contributed by atoms with Crippen LogP contribution in [0, 0.1) is 5.41 Å². The molecule has 1 fully saturated rings. The highest BCUT2D eigenvalue weighted by Crippen LogP contribution is 2.29. The van der Waals surface area contributed by atoms with Crippen LogP contribution in [0.5, 0.6) is 0 Å². The minimum atomic E-state index is -0.829. The number of nitrogens with zero attached hydrogens (tertiary/aromatic N) is 1. The van der Waals surface area contributed by atoms with E-state index in [0.717, 1.165) is 12.0 Å². The predicted octanol–water partition coefficient (Wildman–Crippen LogP) is 1.85. The molecule has 0 aliphatic carbocycles. The molecule has 2 N–H and O–H groups in total. The molecule has 1 rings (SSSR count). The van der Waals surface area contributed by atoms with Gasteiger partial charge >= 0.3 is 12.0 Å². The SMILES string of the molecule is CC(C)=CCNC(=O)N1CCCC(C)(C(=O)O)C1. The Morgan fingerprint density at radius 3 is 2.67 bits per heavy atom. The summed E-state index contributed by atoms with van der Waals surface area (Å²) in [7, 11) is 0. The topological polar surface area (TPSA) is 69.6 Å². The summed E-state index contributed by atoms with van der Waals surface area (Å²) in [4.78, 5) is 24.7. The van der Waals surface area contributed by atoms with E-state index in [0.29, 0.717) is 19.5 Å². The van der Waals surface area contributed by atoms with Crippen LogP contribution in [0.2, 0.25) is 0 Å². The zero-order chi connectivity index (χ0) is 13.8. The second kappa shape index (κ2) is 5.89. The number of carbonyl (C=O) groups excluding carboxylic acids is 1. The van der Waals surface area contributed by atoms with Gasteiger partial charge in [-0.05, 0) is 33.6 Å². The van der Waals surface area contributed by atoms with Gasteiger partial charge in [-0.15, -0.1) is 0 Å². The molecule has 0 spiro atoms. The monoisotopic (exact) mass is 254 g/mol. The molecule has 0 bridgehead atoms. The van der Waals surface area contributed by atoms with Crippen LogP contribution >= 0.6 is 0 Å². The summed E-state index contributed by atoms with van der Waals surface area (Å²) in [6, 6.07) is -0.181. The number of piperidine rings is 1. The number of nitrogens with one attached hydrogen (secondary N) is 1. The quantitative estimate of drug-likeness (QED) is 0.755. The van der Waals surface area contributed by atoms with Gasteiger partial charge in [-0.3, -0.25) is 4.79 Å². The van der Waals surface area contributed by atoms with E-state index in [1.54, 1.807) is 11.8 Å². The number of aliphatic carboxylic acids is 1. The van der Waals surface area contributed by atoms with Gasteiger partial charge in [-0.1, -0.05) is 11.6 Å². The van der Waals surface area contributed by atoms with Crippen molar-refractivity contribution < 1.29 is 14.7 Å². The van der Waals surface area contributed by atoms with Gasteiger partial charge in [0.25, 0.3) is 0 Å². The van der Waals surface area contributed by atoms with Crippen LogP contribution in [-0.4, -0.2) is 41.6 Å². The molecule has 0 aromatic heterocycles. The predicted molar refractivity (Wildman–Crippen MR) is 69.4 cm³/mol. The number of hydrogen-bond acceptors (Lipinski definition) is 2. The van der Waals surface area contributed by atoms with E-state index in [-0.39, 0.29) is 12.6 Å². The maximum atomic E-state index is 11.9. The fourth-order valence-corrected chi connectivity index (χ4v) is 2.04. The first-order valence-corrected chi connectivity index (χ1v) is 6.25. The van der Waals surface area contributed by atoms with E-state index in [9.17, 15) is 14.7 Å². The number of allylic oxidation sites excluding steroid dienone is 1. The molecule has 5 nitrogen and oxygen atoms in total. The Bertz CT molecular complexity index is 361. The summed E-state index contributed by atoms with van der Waals surface area (Å²) in [5.74, 6) is -0.829. The molecule has 1 aliphatic heterocycles. The van der Waals surface area contributed by atoms with Crippen molar-refractivity contribution in [1.29, 1.82) is 0 Å². The molecule has 0 aromatic rings. The normalized spacial score (nSPS) is 23.4. The third kappa shape index (κ3) is 3.75. The molecule has 0 aromatic carbocycles. The number of hydrogen-bond donors (Lipinski definition) is 2. The maximum Gasteiger partial charge on any atom is 0.317 e. The van der Waals surface area contributed by atoms with Gasteiger partial charge in [-0.2, -0.15) is 0 Å². The van der Waals surface area contributed by atoms with Crippen molar-refractivity contribution in [2.24, 2.45) is 5.41 Å². The molecule has 5 heteroatoms. The fraction of sp³-hybridized carbons (Fsp3) is 0.692. The van der Waals surface area contributed by atoms with E-state index in [1.807, 2.05) is 19.9 Å². The van der Waals surface area contributed by atoms with Gasteiger partial charge in [-0.25, -0.2) is 4.79 Å². The molecule has 1 atom stereocenters. The highest BCUT2D eigenvalue weighted by atomic mass is 16.4. The van der Waals surface area contributed by atoms with Crippen LogP contribution in [0.4, 0.5) is 4.79 Å². The standard InChI is InChI=1S/C13H22N2O3/c1-10(2)5-7-14-12(18)15-8-4-6-13(3,9-15)11(16)17/h5H,4,6-9H2,1-3H3,(H,14,18)(H,16,17). The zero-order valence-corrected chi connectivity index (χ0v) is 11.3. The van der Waals surface area contributed by atoms with E-state index in [1.165, 1.54) is 0 Å². The van der Waals surface area contributed by atoms with E-state index in [2.05, 4.69) is 5.32 Å². The summed E-state index contributed by atoms with van der Waals surface area (Å²) in [5, 5.41) is 12.0. The van der Waals surface area contributed by atoms with Crippen molar-refractivity contribution in [2.45, 2.75) is 33.6 Å². The van der Waals surface area contributed by atoms with Crippen LogP contribution in [0.3, 0.4) is 0 Å². The third-order valence-electron chi connectivity index (χ3n) is 3.26. The van der Waals surface area contributed by atoms with Gasteiger partial charge in [0, 0.05) is 19.6 Å². The van der Waals surface area contributed by atoms with Crippen molar-refractivity contribution in [1.82, 2.24) is 10.2 Å². The molecule has 1 aliphatic rings. The molecular formula is C13H22N2O3. The first-order chi connectivity index (χ1) is 8.35. The number of carboxylic acid groups (broad SMARTS) is 1. The van der Waals surface area contributed by atoms with Gasteiger partial charge < -0.3 is 15.3 Å². The first-order valence-electron chi connectivity index (χ1n) is 6.25. The van der Waals surface area contributed by atoms with Gasteiger partial charge in [0.15, 0.2) is 0 Å². The van der Waals surface area contributed by atoms with E-state index >= 15 is 0 Å². The van der Waals surface area contributed by atoms with E-state index in [4.69, 9.17) is 0 Å². The number of urea groups is 1. The maximum absolute atomic E-state index is 11.9. The van der Waals surface area contributed by atoms with Crippen molar-refractivity contribution in [3.05, 3.63) is 11.6 Å². The van der Waals surface area contributed by atoms with Crippen molar-refractivity contribution in [3.8, 4) is 0 Å². The van der Waals surface area contributed by atoms with Gasteiger partial charge in [0.1, 0.15) is 0 Å². The Hall–Kier alpha value is -1.52. The molecule has 102 valence electrons. The molecular weight excluding hydrogens is 232 g/mol. The molecule has 0 radical (unpaired) electrons. The zero-order valence-electron chi connectivity index (χ0n) is 11.3. The smallest absolute Gasteiger partial charge is 0.317 e. The average molecular weight is 254 g/mol. The molecule has 0 saturated carbocycles. The molecule has 18 heavy (non-hydrogen) atoms. The lowest BCUT2D eigenvalue weighted by molar-refractivity contribution is -0.150. The Balaban J connectivity index is 2.54. The second-order valence-electron chi connectivity index (χ2n) is 5.36. The number of likely N-dealkylation sites (tertiary alicyclic amines) is 1. The van der Waals surface area contributed by atoms with Crippen LogP contribution in [0.1, 0.15) is 33.6 Å². The van der Waals surface area contributed by atoms with Crippen LogP contribution in [-0.2, 0) is 4.79 Å². The number of carbonyl (C=O) groups is 2. The number of carboxylic acids is 1. The Labute approximate surface area is 108 Å². The van der Waals surface area contributed by atoms with Crippen LogP contribution < -0.4 is 5.32 Å². The second-order valence-corrected chi connectivity index (χ2v) is 5.36. The molecule has 2 amide bonds. The lowest BCUT2D eigenvalue weighted by atomic mass is 9.82. The van der Waals surface area contributed by atoms with Crippen molar-refractivity contribution >= 4 is 12.0 Å². The Kier molecular flexibility index (Phi) is 4.76. The molecule has 1 saturated heterocycles. The van der Waals surface area contributed by atoms with Gasteiger partial charge in [0.05, 0.1) is 5.41 Å². The first kappa shape index (κ1) is 14.5. The molecule has 1 unspecified atom stereocenters. The van der Waals surface area contributed by atoms with Crippen LogP contribution in [0.15, 0.2) is 11.6 Å². The van der Waals surface area contributed by atoms with E-state index < -0.39 is 11.4 Å². The number of rotatable bonds is 3. The van der Waals surface area contributed by atoms with Gasteiger partial charge in [0.2, 0.25) is 0 Å². The summed E-state index contributed by atoms with van der Waals surface area (Å²) in [6.07, 6.45) is 3.29. The van der Waals surface area contributed by atoms with Crippen molar-refractivity contribution in [3.63, 3.8) is 0 Å². The van der Waals surface area contributed by atoms with Crippen molar-refractivity contribution in [2.75, 3.05) is 19.6 Å². The fourth-order valence-electron chi connectivity index (χ4n) is 2.04. The average Bonchev–Trinajstić information content (AvgIpc) is 2.28.